The number of nitrogens with zero attached hydrogens (tertiary/aromatic N) is 2. The lowest BCUT2D eigenvalue weighted by Crippen LogP contribution is -2.21. The van der Waals surface area contributed by atoms with Crippen molar-refractivity contribution in [3.63, 3.8) is 0 Å². The first-order chi connectivity index (χ1) is 6.24. The summed E-state index contributed by atoms with van der Waals surface area (Å²) in [6.45, 7) is 2.40. The zero-order chi connectivity index (χ0) is 9.68. The number of anilines is 1. The summed E-state index contributed by atoms with van der Waals surface area (Å²) < 4.78 is 0. The molecule has 0 saturated heterocycles. The van der Waals surface area contributed by atoms with Crippen LogP contribution in [0.2, 0.25) is 0 Å². The normalized spacial score (nSPS) is 10.4. The van der Waals surface area contributed by atoms with Gasteiger partial charge in [0.2, 0.25) is 0 Å². The van der Waals surface area contributed by atoms with Crippen molar-refractivity contribution < 1.29 is 0 Å². The van der Waals surface area contributed by atoms with E-state index in [9.17, 15) is 0 Å². The number of aromatic nitrogens is 1. The second-order valence-electron chi connectivity index (χ2n) is 2.97. The van der Waals surface area contributed by atoms with E-state index in [1.54, 1.807) is 11.3 Å². The van der Waals surface area contributed by atoms with Crippen LogP contribution < -0.4 is 16.0 Å². The van der Waals surface area contributed by atoms with Gasteiger partial charge in [0.05, 0.1) is 0 Å². The van der Waals surface area contributed by atoms with E-state index in [1.807, 2.05) is 25.2 Å². The molecule has 1 rings (SSSR count). The van der Waals surface area contributed by atoms with Crippen molar-refractivity contribution in [3.05, 3.63) is 11.1 Å². The molecular weight excluding hydrogens is 184 g/mol. The maximum absolute atomic E-state index is 5.36. The van der Waals surface area contributed by atoms with Crippen molar-refractivity contribution in [3.8, 4) is 0 Å². The first-order valence-electron chi connectivity index (χ1n) is 4.27. The average Bonchev–Trinajstić information content (AvgIpc) is 2.53. The van der Waals surface area contributed by atoms with Crippen LogP contribution in [-0.2, 0) is 6.54 Å². The van der Waals surface area contributed by atoms with Crippen LogP contribution in [0.5, 0.6) is 0 Å². The standard InChI is InChI=1S/C8H16N4S/c1-12(2)8-11-6-7(13-8)5-10-4-3-9/h6,10H,3-5,9H2,1-2H3. The molecule has 1 heterocycles. The summed E-state index contributed by atoms with van der Waals surface area (Å²) in [6, 6.07) is 0. The molecular formula is C8H16N4S. The molecule has 0 atom stereocenters. The van der Waals surface area contributed by atoms with Crippen molar-refractivity contribution in [1.82, 2.24) is 10.3 Å². The van der Waals surface area contributed by atoms with E-state index in [4.69, 9.17) is 5.73 Å². The summed E-state index contributed by atoms with van der Waals surface area (Å²) in [4.78, 5) is 7.53. The molecule has 74 valence electrons. The number of hydrogen-bond donors (Lipinski definition) is 2. The number of thiazole rings is 1. The van der Waals surface area contributed by atoms with Gasteiger partial charge in [0, 0.05) is 44.8 Å². The molecule has 3 N–H and O–H groups in total. The van der Waals surface area contributed by atoms with Crippen LogP contribution in [-0.4, -0.2) is 32.2 Å². The molecule has 0 fully saturated rings. The highest BCUT2D eigenvalue weighted by Crippen LogP contribution is 2.19. The number of nitrogens with two attached hydrogens (primary N) is 1. The second kappa shape index (κ2) is 5.16. The third kappa shape index (κ3) is 3.30. The summed E-state index contributed by atoms with van der Waals surface area (Å²) in [5.41, 5.74) is 5.36. The summed E-state index contributed by atoms with van der Waals surface area (Å²) >= 11 is 1.70. The highest BCUT2D eigenvalue weighted by molar-refractivity contribution is 7.15. The van der Waals surface area contributed by atoms with Crippen molar-refractivity contribution in [2.45, 2.75) is 6.54 Å². The van der Waals surface area contributed by atoms with Crippen LogP contribution in [0.1, 0.15) is 4.88 Å². The van der Waals surface area contributed by atoms with Gasteiger partial charge in [-0.2, -0.15) is 0 Å². The predicted molar refractivity (Wildman–Crippen MR) is 57.2 cm³/mol. The van der Waals surface area contributed by atoms with Gasteiger partial charge in [-0.3, -0.25) is 0 Å². The van der Waals surface area contributed by atoms with E-state index in [1.165, 1.54) is 4.88 Å². The molecule has 0 aliphatic rings. The lowest BCUT2D eigenvalue weighted by molar-refractivity contribution is 0.701. The molecule has 0 aromatic carbocycles. The van der Waals surface area contributed by atoms with Crippen LogP contribution in [0.3, 0.4) is 0 Å². The molecule has 5 heteroatoms. The maximum atomic E-state index is 5.36. The van der Waals surface area contributed by atoms with Gasteiger partial charge in [-0.15, -0.1) is 11.3 Å². The van der Waals surface area contributed by atoms with E-state index in [0.717, 1.165) is 18.2 Å². The molecule has 0 bridgehead atoms. The summed E-state index contributed by atoms with van der Waals surface area (Å²) in [7, 11) is 3.99. The largest absolute Gasteiger partial charge is 0.354 e. The van der Waals surface area contributed by atoms with E-state index in [-0.39, 0.29) is 0 Å². The molecule has 0 unspecified atom stereocenters. The third-order valence-corrected chi connectivity index (χ3v) is 2.71. The van der Waals surface area contributed by atoms with E-state index < -0.39 is 0 Å². The fourth-order valence-corrected chi connectivity index (χ4v) is 1.70. The molecule has 0 aliphatic carbocycles. The van der Waals surface area contributed by atoms with Gasteiger partial charge in [0.1, 0.15) is 0 Å². The van der Waals surface area contributed by atoms with Gasteiger partial charge >= 0.3 is 0 Å². The first-order valence-corrected chi connectivity index (χ1v) is 5.08. The van der Waals surface area contributed by atoms with Crippen LogP contribution in [0, 0.1) is 0 Å². The fourth-order valence-electron chi connectivity index (χ4n) is 0.899. The van der Waals surface area contributed by atoms with Gasteiger partial charge in [0.15, 0.2) is 5.13 Å². The minimum Gasteiger partial charge on any atom is -0.354 e. The zero-order valence-electron chi connectivity index (χ0n) is 8.08. The Kier molecular flexibility index (Phi) is 4.14. The molecule has 0 spiro atoms. The Morgan fingerprint density at radius 2 is 2.38 bits per heavy atom. The Morgan fingerprint density at radius 3 is 2.92 bits per heavy atom. The molecule has 1 aromatic heterocycles. The average molecular weight is 200 g/mol. The molecule has 13 heavy (non-hydrogen) atoms. The lowest BCUT2D eigenvalue weighted by atomic mass is 10.5. The Labute approximate surface area is 82.8 Å². The van der Waals surface area contributed by atoms with Gasteiger partial charge < -0.3 is 16.0 Å². The quantitative estimate of drug-likeness (QED) is 0.669. The topological polar surface area (TPSA) is 54.2 Å². The van der Waals surface area contributed by atoms with Gasteiger partial charge in [-0.25, -0.2) is 4.98 Å². The molecule has 0 amide bonds. The van der Waals surface area contributed by atoms with Crippen molar-refractivity contribution >= 4 is 16.5 Å². The van der Waals surface area contributed by atoms with Gasteiger partial charge in [-0.1, -0.05) is 0 Å². The van der Waals surface area contributed by atoms with Crippen LogP contribution in [0.15, 0.2) is 6.20 Å². The predicted octanol–water partition coefficient (Wildman–Crippen LogP) is 0.257. The molecule has 0 aliphatic heterocycles. The summed E-state index contributed by atoms with van der Waals surface area (Å²) in [5.74, 6) is 0. The smallest absolute Gasteiger partial charge is 0.185 e. The first kappa shape index (κ1) is 10.4. The van der Waals surface area contributed by atoms with E-state index in [0.29, 0.717) is 6.54 Å². The monoisotopic (exact) mass is 200 g/mol. The minimum absolute atomic E-state index is 0.680. The second-order valence-corrected chi connectivity index (χ2v) is 4.06. The minimum atomic E-state index is 0.680. The molecule has 0 radical (unpaired) electrons. The number of hydrogen-bond acceptors (Lipinski definition) is 5. The van der Waals surface area contributed by atoms with E-state index in [2.05, 4.69) is 10.3 Å². The third-order valence-electron chi connectivity index (χ3n) is 1.54. The summed E-state index contributed by atoms with van der Waals surface area (Å²) in [5, 5.41) is 4.28. The van der Waals surface area contributed by atoms with E-state index >= 15 is 0 Å². The van der Waals surface area contributed by atoms with Crippen molar-refractivity contribution in [2.75, 3.05) is 32.1 Å². The molecule has 4 nitrogen and oxygen atoms in total. The van der Waals surface area contributed by atoms with Crippen LogP contribution in [0.4, 0.5) is 5.13 Å². The van der Waals surface area contributed by atoms with Gasteiger partial charge in [-0.05, 0) is 0 Å². The van der Waals surface area contributed by atoms with Crippen LogP contribution in [0.25, 0.3) is 0 Å². The Hall–Kier alpha value is -0.650. The highest BCUT2D eigenvalue weighted by atomic mass is 32.1. The highest BCUT2D eigenvalue weighted by Gasteiger charge is 2.02. The molecule has 1 aromatic rings. The van der Waals surface area contributed by atoms with Gasteiger partial charge in [0.25, 0.3) is 0 Å². The fraction of sp³-hybridized carbons (Fsp3) is 0.625. The number of nitrogens with one attached hydrogen (secondary N) is 1. The Bertz CT molecular complexity index is 246. The van der Waals surface area contributed by atoms with Crippen LogP contribution >= 0.6 is 11.3 Å². The number of rotatable bonds is 5. The zero-order valence-corrected chi connectivity index (χ0v) is 8.90. The SMILES string of the molecule is CN(C)c1ncc(CNCCN)s1. The Morgan fingerprint density at radius 1 is 1.62 bits per heavy atom. The summed E-state index contributed by atoms with van der Waals surface area (Å²) in [6.07, 6.45) is 1.91. The lowest BCUT2D eigenvalue weighted by Gasteiger charge is -2.05. The molecule has 0 saturated carbocycles. The maximum Gasteiger partial charge on any atom is 0.185 e. The van der Waals surface area contributed by atoms with Crippen molar-refractivity contribution in [1.29, 1.82) is 0 Å². The van der Waals surface area contributed by atoms with Crippen molar-refractivity contribution in [2.24, 2.45) is 5.73 Å². The Balaban J connectivity index is 2.40.